The first-order valence-corrected chi connectivity index (χ1v) is 12.5. The molecule has 0 saturated carbocycles. The zero-order valence-corrected chi connectivity index (χ0v) is 22.0. The maximum absolute atomic E-state index is 12.7. The van der Waals surface area contributed by atoms with Crippen LogP contribution in [0.5, 0.6) is 0 Å². The highest BCUT2D eigenvalue weighted by atomic mass is 16.5. The minimum atomic E-state index is -0.511. The molecule has 3 N–H and O–H groups in total. The molecule has 1 aromatic carbocycles. The standard InChI is InChI=1S/C23H37NO3.C2H6.C2H2.CH3NO/c1-4-5-6-10-15-22(25)24-16-11-14-20(24)21(27-3)17-18(2)23(26)19-12-8-7-9-13-19;2*1-2;2-1-3/h7-9,12-13,18,20-21,23,26H,4-6,10-11,14-17H2,1-3H3;1-2H3;1-2H;1H,(H2,2,3)/t18-,20-,21+,23+;;;/m0.../s1. The number of unbranched alkanes of at least 4 members (excludes halogenated alkanes) is 3. The first-order chi connectivity index (χ1) is 16.5. The number of nitrogens with two attached hydrogens (primary N) is 1. The molecule has 34 heavy (non-hydrogen) atoms. The Kier molecular flexibility index (Phi) is 22.3. The van der Waals surface area contributed by atoms with Crippen LogP contribution < -0.4 is 5.73 Å². The molecule has 1 saturated heterocycles. The monoisotopic (exact) mass is 476 g/mol. The summed E-state index contributed by atoms with van der Waals surface area (Å²) >= 11 is 0. The van der Waals surface area contributed by atoms with Crippen molar-refractivity contribution in [2.45, 2.75) is 97.3 Å². The first kappa shape index (κ1) is 33.8. The SMILES string of the molecule is C#C.CC.CCCCCCC(=O)N1CCC[C@H]1[C@@H](C[C@H](C)[C@@H](O)c1ccccc1)OC.NC=O. The molecule has 0 aliphatic carbocycles. The lowest BCUT2D eigenvalue weighted by atomic mass is 9.89. The van der Waals surface area contributed by atoms with E-state index in [0.717, 1.165) is 44.2 Å². The van der Waals surface area contributed by atoms with Gasteiger partial charge in [0, 0.05) is 20.1 Å². The Hall–Kier alpha value is -2.36. The number of hydrogen-bond acceptors (Lipinski definition) is 4. The Morgan fingerprint density at radius 1 is 1.24 bits per heavy atom. The largest absolute Gasteiger partial charge is 0.388 e. The van der Waals surface area contributed by atoms with Crippen LogP contribution in [-0.2, 0) is 14.3 Å². The summed E-state index contributed by atoms with van der Waals surface area (Å²) in [5.74, 6) is 0.339. The lowest BCUT2D eigenvalue weighted by Gasteiger charge is -2.33. The number of nitrogens with zero attached hydrogens (tertiary/aromatic N) is 1. The summed E-state index contributed by atoms with van der Waals surface area (Å²) in [7, 11) is 1.73. The van der Waals surface area contributed by atoms with Crippen LogP contribution in [0.3, 0.4) is 0 Å². The van der Waals surface area contributed by atoms with Crippen LogP contribution in [0.2, 0.25) is 0 Å². The second-order valence-electron chi connectivity index (χ2n) is 8.09. The van der Waals surface area contributed by atoms with Crippen LogP contribution in [0.1, 0.15) is 90.7 Å². The van der Waals surface area contributed by atoms with Crippen molar-refractivity contribution in [3.8, 4) is 12.8 Å². The van der Waals surface area contributed by atoms with E-state index in [4.69, 9.17) is 9.53 Å². The summed E-state index contributed by atoms with van der Waals surface area (Å²) < 4.78 is 5.81. The Morgan fingerprint density at radius 2 is 1.82 bits per heavy atom. The number of methoxy groups -OCH3 is 1. The van der Waals surface area contributed by atoms with Gasteiger partial charge in [0.15, 0.2) is 0 Å². The highest BCUT2D eigenvalue weighted by Gasteiger charge is 2.36. The summed E-state index contributed by atoms with van der Waals surface area (Å²) in [5.41, 5.74) is 5.11. The van der Waals surface area contributed by atoms with Gasteiger partial charge in [0.2, 0.25) is 12.3 Å². The van der Waals surface area contributed by atoms with Crippen LogP contribution in [0.4, 0.5) is 0 Å². The number of aliphatic hydroxyl groups is 1. The summed E-state index contributed by atoms with van der Waals surface area (Å²) in [5, 5.41) is 10.7. The molecule has 0 spiro atoms. The second-order valence-corrected chi connectivity index (χ2v) is 8.09. The smallest absolute Gasteiger partial charge is 0.222 e. The second kappa shape index (κ2) is 22.4. The number of likely N-dealkylation sites (tertiary alicyclic amines) is 1. The molecule has 1 aliphatic rings. The van der Waals surface area contributed by atoms with Crippen molar-refractivity contribution in [1.82, 2.24) is 4.90 Å². The minimum absolute atomic E-state index is 0.0274. The Balaban J connectivity index is 0. The predicted octanol–water partition coefficient (Wildman–Crippen LogP) is 5.10. The lowest BCUT2D eigenvalue weighted by molar-refractivity contribution is -0.135. The molecule has 0 radical (unpaired) electrons. The number of ether oxygens (including phenoxy) is 1. The molecule has 0 aromatic heterocycles. The van der Waals surface area contributed by atoms with Gasteiger partial charge in [-0.25, -0.2) is 0 Å². The van der Waals surface area contributed by atoms with Crippen LogP contribution in [0.25, 0.3) is 0 Å². The number of benzene rings is 1. The van der Waals surface area contributed by atoms with Gasteiger partial charge in [0.1, 0.15) is 0 Å². The number of terminal acetylenes is 1. The van der Waals surface area contributed by atoms with Crippen molar-refractivity contribution in [3.05, 3.63) is 35.9 Å². The first-order valence-electron chi connectivity index (χ1n) is 12.5. The molecule has 6 heteroatoms. The molecule has 2 amide bonds. The van der Waals surface area contributed by atoms with Crippen LogP contribution >= 0.6 is 0 Å². The van der Waals surface area contributed by atoms with E-state index < -0.39 is 6.10 Å². The molecule has 1 heterocycles. The predicted molar refractivity (Wildman–Crippen MR) is 141 cm³/mol. The number of carbonyl (C=O) groups excluding carboxylic acids is 2. The molecule has 0 unspecified atom stereocenters. The zero-order chi connectivity index (χ0) is 26.4. The third-order valence-corrected chi connectivity index (χ3v) is 5.88. The summed E-state index contributed by atoms with van der Waals surface area (Å²) in [4.78, 5) is 23.3. The van der Waals surface area contributed by atoms with E-state index in [9.17, 15) is 9.90 Å². The Labute approximate surface area is 208 Å². The van der Waals surface area contributed by atoms with Crippen molar-refractivity contribution in [1.29, 1.82) is 0 Å². The fraction of sp³-hybridized carbons (Fsp3) is 0.643. The zero-order valence-electron chi connectivity index (χ0n) is 22.0. The van der Waals surface area contributed by atoms with E-state index in [-0.39, 0.29) is 30.4 Å². The van der Waals surface area contributed by atoms with E-state index in [2.05, 4.69) is 32.4 Å². The molecule has 1 fully saturated rings. The van der Waals surface area contributed by atoms with Crippen molar-refractivity contribution >= 4 is 12.3 Å². The van der Waals surface area contributed by atoms with Gasteiger partial charge in [-0.3, -0.25) is 9.59 Å². The minimum Gasteiger partial charge on any atom is -0.388 e. The molecule has 1 aliphatic heterocycles. The van der Waals surface area contributed by atoms with Gasteiger partial charge in [0.25, 0.3) is 0 Å². The highest BCUT2D eigenvalue weighted by Crippen LogP contribution is 2.31. The third kappa shape index (κ3) is 12.8. The maximum atomic E-state index is 12.7. The van der Waals surface area contributed by atoms with Crippen LogP contribution in [0.15, 0.2) is 30.3 Å². The number of amides is 2. The summed E-state index contributed by atoms with van der Waals surface area (Å²) in [6, 6.07) is 9.93. The van der Waals surface area contributed by atoms with Crippen molar-refractivity contribution in [2.24, 2.45) is 11.7 Å². The van der Waals surface area contributed by atoms with Gasteiger partial charge in [-0.1, -0.05) is 77.3 Å². The van der Waals surface area contributed by atoms with Gasteiger partial charge < -0.3 is 20.5 Å². The van der Waals surface area contributed by atoms with Crippen LogP contribution in [-0.4, -0.2) is 48.1 Å². The molecule has 4 atom stereocenters. The molecule has 1 aromatic rings. The number of aliphatic hydroxyl groups excluding tert-OH is 1. The molecule has 6 nitrogen and oxygen atoms in total. The normalized spacial score (nSPS) is 16.8. The van der Waals surface area contributed by atoms with Crippen LogP contribution in [0, 0.1) is 18.8 Å². The number of hydrogen-bond donors (Lipinski definition) is 2. The average Bonchev–Trinajstić information content (AvgIpc) is 3.38. The van der Waals surface area contributed by atoms with Crippen molar-refractivity contribution in [2.75, 3.05) is 13.7 Å². The third-order valence-electron chi connectivity index (χ3n) is 5.88. The van der Waals surface area contributed by atoms with Gasteiger partial charge in [-0.05, 0) is 37.2 Å². The molecule has 0 bridgehead atoms. The maximum Gasteiger partial charge on any atom is 0.222 e. The highest BCUT2D eigenvalue weighted by molar-refractivity contribution is 5.76. The van der Waals surface area contributed by atoms with Gasteiger partial charge >= 0.3 is 0 Å². The van der Waals surface area contributed by atoms with Crippen molar-refractivity contribution < 1.29 is 19.4 Å². The fourth-order valence-electron chi connectivity index (χ4n) is 4.22. The van der Waals surface area contributed by atoms with Crippen molar-refractivity contribution in [3.63, 3.8) is 0 Å². The van der Waals surface area contributed by atoms with E-state index in [1.165, 1.54) is 12.8 Å². The molecule has 194 valence electrons. The number of carbonyl (C=O) groups is 2. The average molecular weight is 477 g/mol. The quantitative estimate of drug-likeness (QED) is 0.264. The summed E-state index contributed by atoms with van der Waals surface area (Å²) in [6.07, 6.45) is 15.6. The van der Waals surface area contributed by atoms with Gasteiger partial charge in [-0.2, -0.15) is 0 Å². The molecular weight excluding hydrogens is 428 g/mol. The van der Waals surface area contributed by atoms with Gasteiger partial charge in [-0.15, -0.1) is 12.8 Å². The molecular formula is C28H48N2O4. The Morgan fingerprint density at radius 3 is 2.35 bits per heavy atom. The Bertz CT molecular complexity index is 636. The number of rotatable bonds is 11. The number of primary amides is 1. The van der Waals surface area contributed by atoms with E-state index >= 15 is 0 Å². The topological polar surface area (TPSA) is 92.9 Å². The fourth-order valence-corrected chi connectivity index (χ4v) is 4.22. The van der Waals surface area contributed by atoms with Gasteiger partial charge in [0.05, 0.1) is 18.2 Å². The lowest BCUT2D eigenvalue weighted by Crippen LogP contribution is -2.44. The van der Waals surface area contributed by atoms with E-state index in [1.807, 2.05) is 49.1 Å². The van der Waals surface area contributed by atoms with E-state index in [1.54, 1.807) is 7.11 Å². The summed E-state index contributed by atoms with van der Waals surface area (Å²) in [6.45, 7) is 9.09. The van der Waals surface area contributed by atoms with E-state index in [0.29, 0.717) is 6.42 Å². The molecule has 2 rings (SSSR count).